The summed E-state index contributed by atoms with van der Waals surface area (Å²) < 4.78 is 11.4. The van der Waals surface area contributed by atoms with Gasteiger partial charge in [0.2, 0.25) is 6.79 Å². The third-order valence-electron chi connectivity index (χ3n) is 2.69. The zero-order valence-corrected chi connectivity index (χ0v) is 11.2. The molecule has 0 unspecified atom stereocenters. The Kier molecular flexibility index (Phi) is 3.41. The monoisotopic (exact) mass is 281 g/mol. The second-order valence-electron chi connectivity index (χ2n) is 4.00. The van der Waals surface area contributed by atoms with Crippen LogP contribution in [-0.4, -0.2) is 6.79 Å². The van der Waals surface area contributed by atoms with Crippen LogP contribution in [0.4, 0.5) is 0 Å². The van der Waals surface area contributed by atoms with Gasteiger partial charge >= 0.3 is 0 Å². The predicted octanol–water partition coefficient (Wildman–Crippen LogP) is 3.42. The van der Waals surface area contributed by atoms with E-state index in [2.05, 4.69) is 5.32 Å². The zero-order chi connectivity index (χ0) is 12.4. The third kappa shape index (κ3) is 2.61. The lowest BCUT2D eigenvalue weighted by Crippen LogP contribution is -2.11. The fourth-order valence-electron chi connectivity index (χ4n) is 1.83. The van der Waals surface area contributed by atoms with Crippen molar-refractivity contribution in [3.63, 3.8) is 0 Å². The number of hydrogen-bond donors (Lipinski definition) is 1. The highest BCUT2D eigenvalue weighted by Gasteiger charge is 2.12. The molecule has 0 bridgehead atoms. The minimum Gasteiger partial charge on any atom is -0.454 e. The Morgan fingerprint density at radius 1 is 1.11 bits per heavy atom. The number of benzene rings is 1. The molecule has 0 fully saturated rings. The molecule has 1 aliphatic heterocycles. The van der Waals surface area contributed by atoms with E-state index in [4.69, 9.17) is 21.1 Å². The average Bonchev–Trinajstić information content (AvgIpc) is 2.97. The van der Waals surface area contributed by atoms with E-state index < -0.39 is 0 Å². The van der Waals surface area contributed by atoms with Gasteiger partial charge in [-0.2, -0.15) is 0 Å². The van der Waals surface area contributed by atoms with Crippen LogP contribution in [0.1, 0.15) is 10.4 Å². The summed E-state index contributed by atoms with van der Waals surface area (Å²) in [4.78, 5) is 1.24. The molecular weight excluding hydrogens is 270 g/mol. The van der Waals surface area contributed by atoms with E-state index in [1.807, 2.05) is 30.3 Å². The molecule has 1 N–H and O–H groups in total. The van der Waals surface area contributed by atoms with Gasteiger partial charge in [0.1, 0.15) is 0 Å². The largest absolute Gasteiger partial charge is 0.454 e. The number of nitrogens with one attached hydrogen (secondary N) is 1. The van der Waals surface area contributed by atoms with Crippen LogP contribution in [-0.2, 0) is 13.1 Å². The van der Waals surface area contributed by atoms with Crippen LogP contribution in [0.2, 0.25) is 4.34 Å². The van der Waals surface area contributed by atoms with Gasteiger partial charge < -0.3 is 14.8 Å². The molecule has 3 rings (SSSR count). The van der Waals surface area contributed by atoms with Crippen molar-refractivity contribution in [2.24, 2.45) is 0 Å². The minimum atomic E-state index is 0.319. The van der Waals surface area contributed by atoms with E-state index in [9.17, 15) is 0 Å². The van der Waals surface area contributed by atoms with Crippen molar-refractivity contribution in [3.8, 4) is 11.5 Å². The first-order valence-corrected chi connectivity index (χ1v) is 6.84. The summed E-state index contributed by atoms with van der Waals surface area (Å²) in [5.41, 5.74) is 1.18. The third-order valence-corrected chi connectivity index (χ3v) is 3.93. The summed E-state index contributed by atoms with van der Waals surface area (Å²) >= 11 is 7.48. The topological polar surface area (TPSA) is 30.5 Å². The Hall–Kier alpha value is -1.23. The summed E-state index contributed by atoms with van der Waals surface area (Å²) in [6.45, 7) is 1.94. The Bertz CT molecular complexity index is 556. The number of thiophene rings is 1. The van der Waals surface area contributed by atoms with Crippen molar-refractivity contribution in [1.29, 1.82) is 0 Å². The first-order chi connectivity index (χ1) is 8.81. The molecule has 0 spiro atoms. The first-order valence-electron chi connectivity index (χ1n) is 5.65. The Balaban J connectivity index is 1.57. The van der Waals surface area contributed by atoms with Crippen LogP contribution in [0.25, 0.3) is 0 Å². The molecule has 0 atom stereocenters. The van der Waals surface area contributed by atoms with Crippen molar-refractivity contribution in [3.05, 3.63) is 45.1 Å². The SMILES string of the molecule is Clc1ccc(CNCc2ccc3c(c2)OCO3)s1. The maximum atomic E-state index is 5.88. The van der Waals surface area contributed by atoms with Crippen LogP contribution in [0.5, 0.6) is 11.5 Å². The molecular formula is C13H12ClNO2S. The summed E-state index contributed by atoms with van der Waals surface area (Å²) in [6, 6.07) is 9.96. The molecule has 0 saturated carbocycles. The molecule has 1 aromatic heterocycles. The van der Waals surface area contributed by atoms with Crippen molar-refractivity contribution >= 4 is 22.9 Å². The average molecular weight is 282 g/mol. The molecule has 18 heavy (non-hydrogen) atoms. The highest BCUT2D eigenvalue weighted by atomic mass is 35.5. The second-order valence-corrected chi connectivity index (χ2v) is 5.80. The van der Waals surface area contributed by atoms with E-state index in [1.165, 1.54) is 10.4 Å². The van der Waals surface area contributed by atoms with Gasteiger partial charge in [-0.05, 0) is 29.8 Å². The van der Waals surface area contributed by atoms with E-state index >= 15 is 0 Å². The number of rotatable bonds is 4. The Morgan fingerprint density at radius 2 is 2.00 bits per heavy atom. The van der Waals surface area contributed by atoms with Gasteiger partial charge in [-0.25, -0.2) is 0 Å². The molecule has 1 aliphatic rings. The summed E-state index contributed by atoms with van der Waals surface area (Å²) in [5, 5.41) is 3.38. The molecule has 2 aromatic rings. The van der Waals surface area contributed by atoms with Gasteiger partial charge in [-0.15, -0.1) is 11.3 Å². The maximum Gasteiger partial charge on any atom is 0.231 e. The molecule has 3 nitrogen and oxygen atoms in total. The molecule has 0 saturated heterocycles. The van der Waals surface area contributed by atoms with Crippen LogP contribution < -0.4 is 14.8 Å². The van der Waals surface area contributed by atoms with Gasteiger partial charge in [0.05, 0.1) is 4.34 Å². The van der Waals surface area contributed by atoms with Crippen LogP contribution >= 0.6 is 22.9 Å². The summed E-state index contributed by atoms with van der Waals surface area (Å²) in [6.07, 6.45) is 0. The van der Waals surface area contributed by atoms with Gasteiger partial charge in [-0.1, -0.05) is 17.7 Å². The number of halogens is 1. The lowest BCUT2D eigenvalue weighted by Gasteiger charge is -2.04. The summed E-state index contributed by atoms with van der Waals surface area (Å²) in [5.74, 6) is 1.65. The molecule has 5 heteroatoms. The maximum absolute atomic E-state index is 5.88. The molecule has 1 aromatic carbocycles. The van der Waals surface area contributed by atoms with Crippen molar-refractivity contribution in [2.75, 3.05) is 6.79 Å². The number of fused-ring (bicyclic) bond motifs is 1. The molecule has 94 valence electrons. The molecule has 0 radical (unpaired) electrons. The van der Waals surface area contributed by atoms with Crippen LogP contribution in [0, 0.1) is 0 Å². The highest BCUT2D eigenvalue weighted by Crippen LogP contribution is 2.32. The Labute approximate surface area is 114 Å². The number of ether oxygens (including phenoxy) is 2. The fraction of sp³-hybridized carbons (Fsp3) is 0.231. The molecule has 0 aliphatic carbocycles. The van der Waals surface area contributed by atoms with Crippen LogP contribution in [0.3, 0.4) is 0 Å². The van der Waals surface area contributed by atoms with Crippen molar-refractivity contribution < 1.29 is 9.47 Å². The van der Waals surface area contributed by atoms with Crippen molar-refractivity contribution in [1.82, 2.24) is 5.32 Å². The smallest absolute Gasteiger partial charge is 0.231 e. The lowest BCUT2D eigenvalue weighted by molar-refractivity contribution is 0.174. The van der Waals surface area contributed by atoms with E-state index in [0.29, 0.717) is 6.79 Å². The highest BCUT2D eigenvalue weighted by molar-refractivity contribution is 7.16. The van der Waals surface area contributed by atoms with Gasteiger partial charge in [0, 0.05) is 18.0 Å². The second kappa shape index (κ2) is 5.18. The lowest BCUT2D eigenvalue weighted by atomic mass is 10.2. The standard InChI is InChI=1S/C13H12ClNO2S/c14-13-4-2-10(18-13)7-15-6-9-1-3-11-12(5-9)17-8-16-11/h1-5,15H,6-8H2. The fourth-order valence-corrected chi connectivity index (χ4v) is 2.88. The number of hydrogen-bond acceptors (Lipinski definition) is 4. The predicted molar refractivity (Wildman–Crippen MR) is 72.4 cm³/mol. The molecule has 2 heterocycles. The Morgan fingerprint density at radius 3 is 2.83 bits per heavy atom. The summed E-state index contributed by atoms with van der Waals surface area (Å²) in [7, 11) is 0. The van der Waals surface area contributed by atoms with E-state index in [0.717, 1.165) is 28.9 Å². The van der Waals surface area contributed by atoms with Crippen LogP contribution in [0.15, 0.2) is 30.3 Å². The molecule has 0 amide bonds. The van der Waals surface area contributed by atoms with E-state index in [1.54, 1.807) is 11.3 Å². The first kappa shape index (κ1) is 11.8. The zero-order valence-electron chi connectivity index (χ0n) is 9.61. The minimum absolute atomic E-state index is 0.319. The van der Waals surface area contributed by atoms with Crippen molar-refractivity contribution in [2.45, 2.75) is 13.1 Å². The normalized spacial score (nSPS) is 12.9. The van der Waals surface area contributed by atoms with Gasteiger partial charge in [0.25, 0.3) is 0 Å². The van der Waals surface area contributed by atoms with E-state index in [-0.39, 0.29) is 0 Å². The van der Waals surface area contributed by atoms with Gasteiger partial charge in [0.15, 0.2) is 11.5 Å². The quantitative estimate of drug-likeness (QED) is 0.931. The van der Waals surface area contributed by atoms with Gasteiger partial charge in [-0.3, -0.25) is 0 Å².